The number of allylic oxidation sites excluding steroid dienone is 2. The van der Waals surface area contributed by atoms with Crippen molar-refractivity contribution in [3.63, 3.8) is 0 Å². The van der Waals surface area contributed by atoms with E-state index < -0.39 is 0 Å². The number of epoxide rings is 2. The Morgan fingerprint density at radius 3 is 1.32 bits per heavy atom. The Hall–Kier alpha value is -1.33. The van der Waals surface area contributed by atoms with Gasteiger partial charge in [0.1, 0.15) is 18.9 Å². The van der Waals surface area contributed by atoms with Crippen molar-refractivity contribution in [2.24, 2.45) is 68.0 Å². The predicted octanol–water partition coefficient (Wildman–Crippen LogP) is 11.5. The lowest BCUT2D eigenvalue weighted by Crippen LogP contribution is -2.56. The maximum Gasteiger partial charge on any atom is 0.120 e. The molecule has 8 aliphatic rings. The summed E-state index contributed by atoms with van der Waals surface area (Å²) < 4.78 is 12.1. The summed E-state index contributed by atoms with van der Waals surface area (Å²) in [5, 5.41) is 0. The van der Waals surface area contributed by atoms with Crippen LogP contribution in [0.25, 0.3) is 0 Å². The topological polar surface area (TPSA) is 76.3 Å². The molecule has 300 valence electrons. The van der Waals surface area contributed by atoms with Gasteiger partial charge in [-0.05, 0) is 155 Å². The van der Waals surface area contributed by atoms with Gasteiger partial charge in [-0.1, -0.05) is 74.0 Å². The van der Waals surface area contributed by atoms with Crippen LogP contribution in [-0.4, -0.2) is 42.3 Å². The highest BCUT2D eigenvalue weighted by Gasteiger charge is 2.73. The van der Waals surface area contributed by atoms with Crippen LogP contribution in [0.3, 0.4) is 0 Å². The van der Waals surface area contributed by atoms with E-state index in [4.69, 9.17) is 9.47 Å². The Labute approximate surface area is 324 Å². The van der Waals surface area contributed by atoms with E-state index in [1.165, 1.54) is 77.0 Å². The zero-order chi connectivity index (χ0) is 39.0. The first-order chi connectivity index (χ1) is 24.7. The molecule has 5 nitrogen and oxygen atoms in total. The second-order valence-electron chi connectivity index (χ2n) is 21.9. The molecule has 8 rings (SSSR count). The molecule has 0 radical (unpaired) electrons. The smallest absolute Gasteiger partial charge is 0.120 e. The molecule has 0 aromatic heterocycles. The lowest BCUT2D eigenvalue weighted by atomic mass is 9.45. The van der Waals surface area contributed by atoms with Gasteiger partial charge >= 0.3 is 0 Å². The molecule has 5 heteroatoms. The number of carbonyl (C=O) groups is 3. The van der Waals surface area contributed by atoms with Gasteiger partial charge in [0, 0.05) is 30.1 Å². The molecule has 0 aromatic carbocycles. The van der Waals surface area contributed by atoms with Gasteiger partial charge in [0.25, 0.3) is 0 Å². The molecule has 2 aliphatic heterocycles. The second kappa shape index (κ2) is 13.9. The van der Waals surface area contributed by atoms with Crippen LogP contribution in [0.15, 0.2) is 11.6 Å². The molecule has 2 saturated heterocycles. The molecule has 1 unspecified atom stereocenters. The van der Waals surface area contributed by atoms with E-state index >= 15 is 0 Å². The molecule has 6 aliphatic carbocycles. The average Bonchev–Trinajstić information content (AvgIpc) is 4.00. The Morgan fingerprint density at radius 1 is 0.547 bits per heavy atom. The fraction of sp³-hybridized carbons (Fsp3) is 0.896. The fourth-order valence-electron chi connectivity index (χ4n) is 15.0. The Bertz CT molecular complexity index is 1370. The maximum atomic E-state index is 11.1. The molecule has 0 bridgehead atoms. The summed E-state index contributed by atoms with van der Waals surface area (Å²) in [5.41, 5.74) is 3.23. The number of ether oxygens (including phenoxy) is 2. The lowest BCUT2D eigenvalue weighted by molar-refractivity contribution is -0.125. The molecule has 5 saturated carbocycles. The van der Waals surface area contributed by atoms with Crippen molar-refractivity contribution in [3.05, 3.63) is 11.6 Å². The van der Waals surface area contributed by atoms with Gasteiger partial charge < -0.3 is 23.9 Å². The van der Waals surface area contributed by atoms with Crippen LogP contribution in [0.5, 0.6) is 0 Å². The fourth-order valence-corrected chi connectivity index (χ4v) is 15.0. The van der Waals surface area contributed by atoms with Crippen LogP contribution < -0.4 is 0 Å². The quantitative estimate of drug-likeness (QED) is 0.154. The monoisotopic (exact) mass is 735 g/mol. The van der Waals surface area contributed by atoms with Crippen LogP contribution in [-0.2, 0) is 23.9 Å². The van der Waals surface area contributed by atoms with E-state index in [2.05, 4.69) is 89.2 Å². The molecule has 53 heavy (non-hydrogen) atoms. The number of hydrogen-bond acceptors (Lipinski definition) is 5. The third-order valence-electron chi connectivity index (χ3n) is 20.3. The van der Waals surface area contributed by atoms with Crippen molar-refractivity contribution in [3.8, 4) is 0 Å². The third-order valence-corrected chi connectivity index (χ3v) is 20.3. The summed E-state index contributed by atoms with van der Waals surface area (Å²) in [6.07, 6.45) is 23.9. The van der Waals surface area contributed by atoms with Crippen molar-refractivity contribution in [2.45, 2.75) is 203 Å². The lowest BCUT2D eigenvalue weighted by Gasteiger charge is -2.58. The highest BCUT2D eigenvalue weighted by molar-refractivity contribution is 5.52. The zero-order valence-electron chi connectivity index (χ0n) is 36.1. The minimum atomic E-state index is 0.0974. The van der Waals surface area contributed by atoms with E-state index in [-0.39, 0.29) is 38.3 Å². The number of aldehydes is 3. The molecule has 7 fully saturated rings. The van der Waals surface area contributed by atoms with Crippen molar-refractivity contribution in [1.82, 2.24) is 0 Å². The van der Waals surface area contributed by atoms with E-state index in [0.717, 1.165) is 38.1 Å². The van der Waals surface area contributed by atoms with Gasteiger partial charge in [-0.3, -0.25) is 0 Å². The standard InChI is InChI=1S/2C16H26O2.C16H26O/c2*1-11-7-8-15(3)12(14(11,2)9-10-17)5-6-13-16(15,4)18-13;1-12-6-5-7-14-15(12,3)9-8-13(2)16(14,4)10-11-17/h2*10-13H,5-9H2,1-4H3;6,11,13-14H,5,7-10H2,1-4H3/t11-,12-,13+,14+,15-,16+;11-,12-,13-,14+,15-,16+;13-,14?,15+,16+/m111/s1. The Balaban J connectivity index is 0.000000136. The predicted molar refractivity (Wildman–Crippen MR) is 214 cm³/mol. The van der Waals surface area contributed by atoms with Crippen LogP contribution in [0, 0.1) is 68.0 Å². The summed E-state index contributed by atoms with van der Waals surface area (Å²) in [6.45, 7) is 28.3. The summed E-state index contributed by atoms with van der Waals surface area (Å²) in [5.74, 6) is 3.95. The largest absolute Gasteiger partial charge is 0.366 e. The molecule has 2 heterocycles. The minimum Gasteiger partial charge on any atom is -0.366 e. The van der Waals surface area contributed by atoms with E-state index in [1.54, 1.807) is 5.57 Å². The van der Waals surface area contributed by atoms with E-state index in [1.807, 2.05) is 0 Å². The van der Waals surface area contributed by atoms with Crippen LogP contribution in [0.1, 0.15) is 179 Å². The Morgan fingerprint density at radius 2 is 0.925 bits per heavy atom. The number of fused-ring (bicyclic) bond motifs is 7. The second-order valence-corrected chi connectivity index (χ2v) is 21.9. The van der Waals surface area contributed by atoms with Crippen molar-refractivity contribution in [2.75, 3.05) is 0 Å². The number of rotatable bonds is 6. The zero-order valence-corrected chi connectivity index (χ0v) is 36.1. The van der Waals surface area contributed by atoms with Gasteiger partial charge in [-0.2, -0.15) is 0 Å². The maximum absolute atomic E-state index is 11.1. The van der Waals surface area contributed by atoms with Crippen molar-refractivity contribution >= 4 is 18.9 Å². The van der Waals surface area contributed by atoms with Crippen LogP contribution in [0.2, 0.25) is 0 Å². The van der Waals surface area contributed by atoms with Crippen molar-refractivity contribution < 1.29 is 23.9 Å². The molecule has 0 N–H and O–H groups in total. The number of hydrogen-bond donors (Lipinski definition) is 0. The summed E-state index contributed by atoms with van der Waals surface area (Å²) >= 11 is 0. The van der Waals surface area contributed by atoms with E-state index in [9.17, 15) is 14.4 Å². The first kappa shape index (κ1) is 41.3. The molecule has 0 spiro atoms. The molecular weight excluding hydrogens is 657 g/mol. The Kier molecular flexibility index (Phi) is 10.9. The first-order valence-electron chi connectivity index (χ1n) is 22.1. The SMILES string of the molecule is CC1=CCCC2[C@@]1(C)CC[C@@H](C)[C@]2(C)CC=O.C[C@@H]1CC[C@]2(C)[C@H](CC[C@@H]3O[C@@]32C)[C@@]1(C)CC=O.C[C@@H]1CC[C@]2(C)[C@H](CC[C@H]3O[C@@]32C)[C@@]1(C)CC=O. The van der Waals surface area contributed by atoms with Crippen LogP contribution in [0.4, 0.5) is 0 Å². The molecule has 0 amide bonds. The average molecular weight is 735 g/mol. The summed E-state index contributed by atoms with van der Waals surface area (Å²) in [4.78, 5) is 33.4. The third kappa shape index (κ3) is 6.07. The van der Waals surface area contributed by atoms with Crippen LogP contribution >= 0.6 is 0 Å². The molecule has 0 aromatic rings. The highest BCUT2D eigenvalue weighted by atomic mass is 16.6. The molecule has 16 atom stereocenters. The highest BCUT2D eigenvalue weighted by Crippen LogP contribution is 2.71. The van der Waals surface area contributed by atoms with Crippen molar-refractivity contribution in [1.29, 1.82) is 0 Å². The van der Waals surface area contributed by atoms with E-state index in [0.29, 0.717) is 53.1 Å². The summed E-state index contributed by atoms with van der Waals surface area (Å²) in [6, 6.07) is 0. The molecular formula is C48H78O5. The van der Waals surface area contributed by atoms with Gasteiger partial charge in [0.15, 0.2) is 0 Å². The number of carbonyl (C=O) groups excluding carboxylic acids is 3. The van der Waals surface area contributed by atoms with Gasteiger partial charge in [0.05, 0.1) is 23.4 Å². The summed E-state index contributed by atoms with van der Waals surface area (Å²) in [7, 11) is 0. The van der Waals surface area contributed by atoms with Gasteiger partial charge in [0.2, 0.25) is 0 Å². The minimum absolute atomic E-state index is 0.0974. The first-order valence-corrected chi connectivity index (χ1v) is 22.1. The van der Waals surface area contributed by atoms with Gasteiger partial charge in [-0.15, -0.1) is 0 Å². The normalized spacial score (nSPS) is 54.5. The van der Waals surface area contributed by atoms with Gasteiger partial charge in [-0.25, -0.2) is 0 Å².